The number of benzene rings is 1. The number of nitrogens with one attached hydrogen (secondary N) is 1. The SMILES string of the molecule is O=C(N1CCC(CC2(C(F)(F)F)N=N2)CC1)C1(COCc2ccccc2)CNC1.O=C(O)C(F)(F)F. The maximum Gasteiger partial charge on any atom is 0.490 e. The Morgan fingerprint density at radius 2 is 1.61 bits per heavy atom. The molecule has 1 aromatic rings. The number of carboxylic acids is 1. The Bertz CT molecular complexity index is 936. The van der Waals surface area contributed by atoms with Gasteiger partial charge in [-0.15, -0.1) is 10.2 Å². The third-order valence-electron chi connectivity index (χ3n) is 6.38. The van der Waals surface area contributed by atoms with Crippen LogP contribution < -0.4 is 5.32 Å². The van der Waals surface area contributed by atoms with Gasteiger partial charge in [-0.05, 0) is 24.3 Å². The fourth-order valence-corrected chi connectivity index (χ4v) is 4.13. The van der Waals surface area contributed by atoms with Gasteiger partial charge in [-0.2, -0.15) is 26.3 Å². The zero-order chi connectivity index (χ0) is 26.6. The van der Waals surface area contributed by atoms with E-state index in [1.54, 1.807) is 4.90 Å². The number of piperidine rings is 1. The number of aliphatic carboxylic acids is 1. The first-order chi connectivity index (χ1) is 16.8. The summed E-state index contributed by atoms with van der Waals surface area (Å²) in [6.07, 6.45) is -8.52. The minimum absolute atomic E-state index is 0.0362. The summed E-state index contributed by atoms with van der Waals surface area (Å²) in [5, 5.41) is 16.8. The molecular formula is C22H26F6N4O4. The summed E-state index contributed by atoms with van der Waals surface area (Å²) < 4.78 is 76.7. The lowest BCUT2D eigenvalue weighted by atomic mass is 9.79. The summed E-state index contributed by atoms with van der Waals surface area (Å²) in [5.74, 6) is -2.85. The number of carbonyl (C=O) groups excluding carboxylic acids is 1. The highest BCUT2D eigenvalue weighted by Gasteiger charge is 2.64. The molecule has 0 unspecified atom stereocenters. The van der Waals surface area contributed by atoms with Gasteiger partial charge >= 0.3 is 18.3 Å². The van der Waals surface area contributed by atoms with E-state index in [2.05, 4.69) is 15.5 Å². The largest absolute Gasteiger partial charge is 0.490 e. The predicted octanol–water partition coefficient (Wildman–Crippen LogP) is 3.78. The van der Waals surface area contributed by atoms with Crippen molar-refractivity contribution in [3.63, 3.8) is 0 Å². The molecule has 14 heteroatoms. The van der Waals surface area contributed by atoms with Crippen LogP contribution in [0.4, 0.5) is 26.3 Å². The van der Waals surface area contributed by atoms with Crippen LogP contribution in [0.2, 0.25) is 0 Å². The van der Waals surface area contributed by atoms with E-state index < -0.39 is 29.4 Å². The number of rotatable bonds is 7. The van der Waals surface area contributed by atoms with Crippen molar-refractivity contribution in [2.75, 3.05) is 32.8 Å². The third-order valence-corrected chi connectivity index (χ3v) is 6.38. The molecule has 0 spiro atoms. The number of nitrogens with zero attached hydrogens (tertiary/aromatic N) is 3. The molecule has 0 aromatic heterocycles. The summed E-state index contributed by atoms with van der Waals surface area (Å²) in [4.78, 5) is 23.8. The summed E-state index contributed by atoms with van der Waals surface area (Å²) >= 11 is 0. The molecule has 1 aromatic carbocycles. The van der Waals surface area contributed by atoms with E-state index in [4.69, 9.17) is 14.6 Å². The first-order valence-electron chi connectivity index (χ1n) is 11.2. The molecule has 2 N–H and O–H groups in total. The Labute approximate surface area is 202 Å². The number of ether oxygens (including phenoxy) is 1. The smallest absolute Gasteiger partial charge is 0.475 e. The number of halogens is 6. The molecule has 3 aliphatic rings. The van der Waals surface area contributed by atoms with Crippen LogP contribution in [0.25, 0.3) is 0 Å². The molecule has 0 atom stereocenters. The lowest BCUT2D eigenvalue weighted by molar-refractivity contribution is -0.192. The van der Waals surface area contributed by atoms with Crippen molar-refractivity contribution in [3.05, 3.63) is 35.9 Å². The van der Waals surface area contributed by atoms with Crippen molar-refractivity contribution in [2.24, 2.45) is 21.6 Å². The Hall–Kier alpha value is -2.74. The standard InChI is InChI=1S/C20H25F3N4O2.C2HF3O2/c21-20(22,23)19(25-26-19)10-15-6-8-27(9-7-15)17(28)18(12-24-13-18)14-29-11-16-4-2-1-3-5-16;3-2(4,5)1(6)7/h1-5,15,24H,6-14H2;(H,6,7). The number of amides is 1. The topological polar surface area (TPSA) is 104 Å². The number of hydrogen-bond donors (Lipinski definition) is 2. The normalized spacial score (nSPS) is 20.7. The molecule has 2 saturated heterocycles. The average Bonchev–Trinajstić information content (AvgIpc) is 3.57. The van der Waals surface area contributed by atoms with Gasteiger partial charge in [-0.3, -0.25) is 4.79 Å². The van der Waals surface area contributed by atoms with Gasteiger partial charge in [0.2, 0.25) is 5.91 Å². The van der Waals surface area contributed by atoms with Crippen LogP contribution in [0.1, 0.15) is 24.8 Å². The Morgan fingerprint density at radius 1 is 1.06 bits per heavy atom. The van der Waals surface area contributed by atoms with Crippen LogP contribution in [0.15, 0.2) is 40.6 Å². The molecule has 3 heterocycles. The minimum Gasteiger partial charge on any atom is -0.475 e. The molecule has 36 heavy (non-hydrogen) atoms. The number of hydrogen-bond acceptors (Lipinski definition) is 6. The highest BCUT2D eigenvalue weighted by atomic mass is 19.4. The van der Waals surface area contributed by atoms with Gasteiger partial charge in [0, 0.05) is 32.6 Å². The van der Waals surface area contributed by atoms with Crippen molar-refractivity contribution in [1.82, 2.24) is 10.2 Å². The van der Waals surface area contributed by atoms with Gasteiger partial charge in [0.05, 0.1) is 18.6 Å². The lowest BCUT2D eigenvalue weighted by Crippen LogP contribution is -2.65. The zero-order valence-corrected chi connectivity index (χ0v) is 19.1. The van der Waals surface area contributed by atoms with Gasteiger partial charge in [0.15, 0.2) is 0 Å². The highest BCUT2D eigenvalue weighted by molar-refractivity contribution is 5.84. The number of carbonyl (C=O) groups is 2. The van der Waals surface area contributed by atoms with E-state index in [1.165, 1.54) is 0 Å². The molecule has 0 aliphatic carbocycles. The third kappa shape index (κ3) is 6.72. The van der Waals surface area contributed by atoms with Crippen molar-refractivity contribution >= 4 is 11.9 Å². The maximum atomic E-state index is 13.1. The predicted molar refractivity (Wildman–Crippen MR) is 113 cm³/mol. The van der Waals surface area contributed by atoms with Gasteiger partial charge < -0.3 is 20.1 Å². The van der Waals surface area contributed by atoms with Crippen molar-refractivity contribution in [1.29, 1.82) is 0 Å². The van der Waals surface area contributed by atoms with E-state index in [-0.39, 0.29) is 18.2 Å². The van der Waals surface area contributed by atoms with Crippen LogP contribution in [-0.2, 0) is 20.9 Å². The van der Waals surface area contributed by atoms with E-state index in [1.807, 2.05) is 30.3 Å². The summed E-state index contributed by atoms with van der Waals surface area (Å²) in [6.45, 7) is 2.85. The zero-order valence-electron chi connectivity index (χ0n) is 19.1. The first-order valence-corrected chi connectivity index (χ1v) is 11.2. The molecule has 2 fully saturated rings. The molecule has 3 aliphatic heterocycles. The van der Waals surface area contributed by atoms with Crippen molar-refractivity contribution in [2.45, 2.75) is 43.9 Å². The van der Waals surface area contributed by atoms with Crippen molar-refractivity contribution < 1.29 is 45.8 Å². The number of alkyl halides is 6. The molecule has 1 amide bonds. The Morgan fingerprint density at radius 3 is 2.03 bits per heavy atom. The second-order valence-corrected chi connectivity index (χ2v) is 9.12. The average molecular weight is 524 g/mol. The molecule has 0 saturated carbocycles. The number of carboxylic acid groups (broad SMARTS) is 1. The molecule has 4 rings (SSSR count). The number of likely N-dealkylation sites (tertiary alicyclic amines) is 1. The van der Waals surface area contributed by atoms with Crippen LogP contribution in [0.5, 0.6) is 0 Å². The molecule has 8 nitrogen and oxygen atoms in total. The fraction of sp³-hybridized carbons (Fsp3) is 0.636. The summed E-state index contributed by atoms with van der Waals surface area (Å²) in [7, 11) is 0. The molecule has 0 bridgehead atoms. The second kappa shape index (κ2) is 10.7. The maximum absolute atomic E-state index is 13.1. The first kappa shape index (κ1) is 27.8. The Balaban J connectivity index is 0.000000454. The van der Waals surface area contributed by atoms with Gasteiger partial charge in [-0.1, -0.05) is 30.3 Å². The second-order valence-electron chi connectivity index (χ2n) is 9.12. The quantitative estimate of drug-likeness (QED) is 0.529. The van der Waals surface area contributed by atoms with Crippen LogP contribution >= 0.6 is 0 Å². The Kier molecular flexibility index (Phi) is 8.28. The fourth-order valence-electron chi connectivity index (χ4n) is 4.13. The van der Waals surface area contributed by atoms with Gasteiger partial charge in [0.1, 0.15) is 0 Å². The molecular weight excluding hydrogens is 498 g/mol. The molecule has 200 valence electrons. The van der Waals surface area contributed by atoms with Crippen LogP contribution in [-0.4, -0.2) is 72.7 Å². The van der Waals surface area contributed by atoms with E-state index in [9.17, 15) is 31.1 Å². The lowest BCUT2D eigenvalue weighted by Gasteiger charge is -2.45. The molecule has 0 radical (unpaired) electrons. The van der Waals surface area contributed by atoms with Crippen LogP contribution in [0.3, 0.4) is 0 Å². The monoisotopic (exact) mass is 524 g/mol. The van der Waals surface area contributed by atoms with E-state index in [0.29, 0.717) is 52.2 Å². The summed E-state index contributed by atoms with van der Waals surface area (Å²) in [6, 6.07) is 9.78. The van der Waals surface area contributed by atoms with Crippen LogP contribution in [0, 0.1) is 11.3 Å². The van der Waals surface area contributed by atoms with Gasteiger partial charge in [0.25, 0.3) is 5.66 Å². The van der Waals surface area contributed by atoms with E-state index >= 15 is 0 Å². The van der Waals surface area contributed by atoms with Gasteiger partial charge in [-0.25, -0.2) is 4.79 Å². The summed E-state index contributed by atoms with van der Waals surface area (Å²) in [5.41, 5.74) is -1.71. The van der Waals surface area contributed by atoms with E-state index in [0.717, 1.165) is 5.56 Å². The minimum atomic E-state index is -5.08. The highest BCUT2D eigenvalue weighted by Crippen LogP contribution is 2.49. The van der Waals surface area contributed by atoms with Crippen molar-refractivity contribution in [3.8, 4) is 0 Å².